The lowest BCUT2D eigenvalue weighted by atomic mass is 10.2. The molecule has 4 nitrogen and oxygen atoms in total. The van der Waals surface area contributed by atoms with Gasteiger partial charge < -0.3 is 5.11 Å². The summed E-state index contributed by atoms with van der Waals surface area (Å²) in [6.07, 6.45) is 2.76. The van der Waals surface area contributed by atoms with Crippen molar-refractivity contribution in [2.45, 2.75) is 30.1 Å². The molecule has 0 spiro atoms. The second-order valence-electron chi connectivity index (χ2n) is 4.14. The van der Waals surface area contributed by atoms with Gasteiger partial charge in [-0.3, -0.25) is 0 Å². The number of hydrogen-bond acceptors (Lipinski definition) is 4. The summed E-state index contributed by atoms with van der Waals surface area (Å²) in [5, 5.41) is 9.85. The number of nitrogens with one attached hydrogen (secondary N) is 1. The molecule has 0 aliphatic carbocycles. The van der Waals surface area contributed by atoms with Gasteiger partial charge in [0, 0.05) is 16.8 Å². The zero-order valence-corrected chi connectivity index (χ0v) is 13.3. The standard InChI is InChI=1S/C12H18ClNO3S2/c1-9(18-2)5-6-14-19(16,17)11-3-4-12(13)10(7-11)8-15/h3-4,7,9,14-15H,5-6,8H2,1-2H3. The fraction of sp³-hybridized carbons (Fsp3) is 0.500. The molecule has 0 aliphatic rings. The lowest BCUT2D eigenvalue weighted by molar-refractivity contribution is 0.281. The summed E-state index contributed by atoms with van der Waals surface area (Å²) in [6.45, 7) is 2.15. The lowest BCUT2D eigenvalue weighted by Gasteiger charge is -2.11. The summed E-state index contributed by atoms with van der Waals surface area (Å²) in [6, 6.07) is 4.30. The molecule has 1 unspecified atom stereocenters. The molecule has 1 aromatic rings. The van der Waals surface area contributed by atoms with Crippen LogP contribution in [0.25, 0.3) is 0 Å². The van der Waals surface area contributed by atoms with E-state index in [-0.39, 0.29) is 11.5 Å². The first kappa shape index (κ1) is 16.8. The van der Waals surface area contributed by atoms with Crippen molar-refractivity contribution in [1.82, 2.24) is 4.72 Å². The Morgan fingerprint density at radius 1 is 1.47 bits per heavy atom. The van der Waals surface area contributed by atoms with Crippen molar-refractivity contribution in [3.05, 3.63) is 28.8 Å². The van der Waals surface area contributed by atoms with Crippen LogP contribution in [0.1, 0.15) is 18.9 Å². The molecule has 1 rings (SSSR count). The minimum atomic E-state index is -3.54. The monoisotopic (exact) mass is 323 g/mol. The molecule has 0 radical (unpaired) electrons. The van der Waals surface area contributed by atoms with Crippen molar-refractivity contribution in [2.75, 3.05) is 12.8 Å². The molecule has 0 saturated heterocycles. The number of rotatable bonds is 7. The van der Waals surface area contributed by atoms with Gasteiger partial charge in [-0.15, -0.1) is 0 Å². The van der Waals surface area contributed by atoms with Crippen LogP contribution in [0, 0.1) is 0 Å². The number of halogens is 1. The smallest absolute Gasteiger partial charge is 0.240 e. The van der Waals surface area contributed by atoms with Gasteiger partial charge in [-0.25, -0.2) is 13.1 Å². The molecule has 0 aromatic heterocycles. The molecule has 0 heterocycles. The van der Waals surface area contributed by atoms with Crippen molar-refractivity contribution in [3.63, 3.8) is 0 Å². The summed E-state index contributed by atoms with van der Waals surface area (Å²) in [5.41, 5.74) is 0.405. The zero-order valence-electron chi connectivity index (χ0n) is 10.9. The van der Waals surface area contributed by atoms with E-state index in [0.717, 1.165) is 6.42 Å². The van der Waals surface area contributed by atoms with Crippen LogP contribution in [0.2, 0.25) is 5.02 Å². The van der Waals surface area contributed by atoms with Crippen molar-refractivity contribution in [2.24, 2.45) is 0 Å². The third-order valence-electron chi connectivity index (χ3n) is 2.74. The van der Waals surface area contributed by atoms with Crippen molar-refractivity contribution >= 4 is 33.4 Å². The van der Waals surface area contributed by atoms with Gasteiger partial charge in [-0.1, -0.05) is 18.5 Å². The van der Waals surface area contributed by atoms with E-state index in [2.05, 4.69) is 4.72 Å². The van der Waals surface area contributed by atoms with Crippen molar-refractivity contribution in [3.8, 4) is 0 Å². The highest BCUT2D eigenvalue weighted by Gasteiger charge is 2.15. The average Bonchev–Trinajstić information content (AvgIpc) is 2.38. The number of benzene rings is 1. The molecule has 1 atom stereocenters. The summed E-state index contributed by atoms with van der Waals surface area (Å²) < 4.78 is 26.6. The van der Waals surface area contributed by atoms with Crippen LogP contribution in [0.4, 0.5) is 0 Å². The minimum Gasteiger partial charge on any atom is -0.392 e. The normalized spacial score (nSPS) is 13.5. The molecule has 108 valence electrons. The van der Waals surface area contributed by atoms with Crippen LogP contribution in [0.15, 0.2) is 23.1 Å². The molecule has 1 aromatic carbocycles. The topological polar surface area (TPSA) is 66.4 Å². The predicted octanol–water partition coefficient (Wildman–Crippen LogP) is 2.25. The number of thioether (sulfide) groups is 1. The summed E-state index contributed by atoms with van der Waals surface area (Å²) in [7, 11) is -3.54. The van der Waals surface area contributed by atoms with Gasteiger partial charge in [0.2, 0.25) is 10.0 Å². The highest BCUT2D eigenvalue weighted by molar-refractivity contribution is 7.99. The third-order valence-corrected chi connectivity index (χ3v) is 5.61. The summed E-state index contributed by atoms with van der Waals surface area (Å²) in [4.78, 5) is 0.123. The second-order valence-corrected chi connectivity index (χ2v) is 7.59. The SMILES string of the molecule is CSC(C)CCNS(=O)(=O)c1ccc(Cl)c(CO)c1. The van der Waals surface area contributed by atoms with Crippen molar-refractivity contribution in [1.29, 1.82) is 0 Å². The number of aliphatic hydroxyl groups excluding tert-OH is 1. The largest absolute Gasteiger partial charge is 0.392 e. The molecule has 0 bridgehead atoms. The summed E-state index contributed by atoms with van der Waals surface area (Å²) in [5.74, 6) is 0. The van der Waals surface area contributed by atoms with Gasteiger partial charge in [-0.2, -0.15) is 11.8 Å². The van der Waals surface area contributed by atoms with E-state index in [9.17, 15) is 8.42 Å². The van der Waals surface area contributed by atoms with Gasteiger partial charge in [0.1, 0.15) is 0 Å². The maximum Gasteiger partial charge on any atom is 0.240 e. The van der Waals surface area contributed by atoms with Crippen LogP contribution in [-0.2, 0) is 16.6 Å². The molecule has 2 N–H and O–H groups in total. The second kappa shape index (κ2) is 7.50. The van der Waals surface area contributed by atoms with E-state index in [1.165, 1.54) is 18.2 Å². The van der Waals surface area contributed by atoms with E-state index in [0.29, 0.717) is 22.4 Å². The molecule has 0 amide bonds. The highest BCUT2D eigenvalue weighted by Crippen LogP contribution is 2.20. The minimum absolute atomic E-state index is 0.123. The maximum absolute atomic E-state index is 12.0. The van der Waals surface area contributed by atoms with Gasteiger partial charge in [0.05, 0.1) is 11.5 Å². The average molecular weight is 324 g/mol. The molecule has 0 saturated carbocycles. The number of aliphatic hydroxyl groups is 1. The van der Waals surface area contributed by atoms with Crippen molar-refractivity contribution < 1.29 is 13.5 Å². The number of hydrogen-bond donors (Lipinski definition) is 2. The van der Waals surface area contributed by atoms with E-state index in [1.54, 1.807) is 11.8 Å². The van der Waals surface area contributed by atoms with E-state index >= 15 is 0 Å². The fourth-order valence-corrected chi connectivity index (χ4v) is 3.07. The van der Waals surface area contributed by atoms with E-state index in [4.69, 9.17) is 16.7 Å². The van der Waals surface area contributed by atoms with Gasteiger partial charge >= 0.3 is 0 Å². The molecule has 0 aliphatic heterocycles. The van der Waals surface area contributed by atoms with Crippen LogP contribution >= 0.6 is 23.4 Å². The van der Waals surface area contributed by atoms with Gasteiger partial charge in [-0.05, 0) is 36.4 Å². The Morgan fingerprint density at radius 3 is 2.74 bits per heavy atom. The highest BCUT2D eigenvalue weighted by atomic mass is 35.5. The molecule has 7 heteroatoms. The molecular formula is C12H18ClNO3S2. The van der Waals surface area contributed by atoms with Gasteiger partial charge in [0.25, 0.3) is 0 Å². The van der Waals surface area contributed by atoms with Crippen LogP contribution in [0.3, 0.4) is 0 Å². The number of sulfonamides is 1. The quantitative estimate of drug-likeness (QED) is 0.807. The Morgan fingerprint density at radius 2 is 2.16 bits per heavy atom. The Labute approximate surface area is 123 Å². The Bertz CT molecular complexity index is 520. The van der Waals surface area contributed by atoms with Gasteiger partial charge in [0.15, 0.2) is 0 Å². The lowest BCUT2D eigenvalue weighted by Crippen LogP contribution is -2.26. The zero-order chi connectivity index (χ0) is 14.5. The first-order valence-corrected chi connectivity index (χ1v) is 8.97. The molecule has 19 heavy (non-hydrogen) atoms. The Balaban J connectivity index is 2.77. The fourth-order valence-electron chi connectivity index (χ4n) is 1.44. The third kappa shape index (κ3) is 4.96. The Hall–Kier alpha value is -0.270. The van der Waals surface area contributed by atoms with E-state index in [1.807, 2.05) is 13.2 Å². The van der Waals surface area contributed by atoms with Crippen LogP contribution < -0.4 is 4.72 Å². The predicted molar refractivity (Wildman–Crippen MR) is 80.2 cm³/mol. The van der Waals surface area contributed by atoms with Crippen LogP contribution in [-0.4, -0.2) is 31.6 Å². The Kier molecular flexibility index (Phi) is 6.62. The molecule has 0 fully saturated rings. The van der Waals surface area contributed by atoms with E-state index < -0.39 is 10.0 Å². The summed E-state index contributed by atoms with van der Waals surface area (Å²) >= 11 is 7.53. The maximum atomic E-state index is 12.0. The molecular weight excluding hydrogens is 306 g/mol. The first-order chi connectivity index (χ1) is 8.90. The first-order valence-electron chi connectivity index (χ1n) is 5.82. The van der Waals surface area contributed by atoms with Crippen LogP contribution in [0.5, 0.6) is 0 Å².